The predicted molar refractivity (Wildman–Crippen MR) is 132 cm³/mol. The standard InChI is InChI=1S/C19H35N9O7S/c1-9(26-16(33)10(20)4-5-13(21)29)15(32)28-12(8-36)18(35)27-11(3-2-6-24-19(22)23)17(34)25-7-14(30)31/h9-12,36H,2-8,20H2,1H3,(H2,21,29)(H,25,34)(H,26,33)(H,27,35)(H,28,32)(H,30,31)(H4,22,23,24)/t9-,10-,11-,12-/m0/s1. The number of carbonyl (C=O) groups is 6. The van der Waals surface area contributed by atoms with Gasteiger partial charge < -0.3 is 49.3 Å². The molecule has 17 heteroatoms. The van der Waals surface area contributed by atoms with Gasteiger partial charge in [0.15, 0.2) is 5.96 Å². The van der Waals surface area contributed by atoms with Gasteiger partial charge >= 0.3 is 5.97 Å². The summed E-state index contributed by atoms with van der Waals surface area (Å²) in [6.45, 7) is 0.852. The van der Waals surface area contributed by atoms with Gasteiger partial charge in [0, 0.05) is 18.7 Å². The quantitative estimate of drug-likeness (QED) is 0.0368. The van der Waals surface area contributed by atoms with Crippen LogP contribution in [0.25, 0.3) is 0 Å². The Labute approximate surface area is 213 Å². The van der Waals surface area contributed by atoms with Gasteiger partial charge in [-0.3, -0.25) is 33.8 Å². The van der Waals surface area contributed by atoms with Crippen LogP contribution in [0.2, 0.25) is 0 Å². The molecule has 36 heavy (non-hydrogen) atoms. The number of aliphatic carboxylic acids is 1. The third-order valence-corrected chi connectivity index (χ3v) is 4.96. The molecule has 0 aromatic heterocycles. The van der Waals surface area contributed by atoms with E-state index in [2.05, 4.69) is 38.9 Å². The van der Waals surface area contributed by atoms with Crippen LogP contribution in [0.3, 0.4) is 0 Å². The lowest BCUT2D eigenvalue weighted by Crippen LogP contribution is -2.57. The maximum Gasteiger partial charge on any atom is 0.322 e. The van der Waals surface area contributed by atoms with Gasteiger partial charge in [0.05, 0.1) is 6.04 Å². The number of rotatable bonds is 17. The first kappa shape index (κ1) is 32.4. The number of carboxylic acid groups (broad SMARTS) is 1. The summed E-state index contributed by atoms with van der Waals surface area (Å²) < 4.78 is 0. The minimum Gasteiger partial charge on any atom is -0.480 e. The largest absolute Gasteiger partial charge is 0.480 e. The number of hydrogen-bond donors (Lipinski definition) is 10. The van der Waals surface area contributed by atoms with E-state index in [1.807, 2.05) is 0 Å². The summed E-state index contributed by atoms with van der Waals surface area (Å²) in [5.74, 6) is -5.18. The highest BCUT2D eigenvalue weighted by Crippen LogP contribution is 2.02. The lowest BCUT2D eigenvalue weighted by molar-refractivity contribution is -0.138. The second-order valence-corrected chi connectivity index (χ2v) is 8.07. The number of nitrogens with one attached hydrogen (secondary N) is 4. The fourth-order valence-electron chi connectivity index (χ4n) is 2.64. The van der Waals surface area contributed by atoms with E-state index in [9.17, 15) is 28.8 Å². The van der Waals surface area contributed by atoms with E-state index >= 15 is 0 Å². The molecule has 0 aliphatic rings. The molecule has 0 bridgehead atoms. The molecule has 0 saturated carbocycles. The zero-order valence-corrected chi connectivity index (χ0v) is 20.8. The van der Waals surface area contributed by atoms with E-state index in [0.29, 0.717) is 0 Å². The van der Waals surface area contributed by atoms with E-state index in [1.54, 1.807) is 0 Å². The molecule has 0 radical (unpaired) electrons. The number of nitrogens with two attached hydrogens (primary N) is 4. The van der Waals surface area contributed by atoms with E-state index in [1.165, 1.54) is 6.92 Å². The van der Waals surface area contributed by atoms with E-state index in [4.69, 9.17) is 28.0 Å². The van der Waals surface area contributed by atoms with Crippen LogP contribution in [0.1, 0.15) is 32.6 Å². The van der Waals surface area contributed by atoms with Crippen LogP contribution in [0.5, 0.6) is 0 Å². The van der Waals surface area contributed by atoms with Crippen LogP contribution in [0, 0.1) is 0 Å². The Bertz CT molecular complexity index is 836. The first-order chi connectivity index (χ1) is 16.8. The number of aliphatic imine (C=N–C) groups is 1. The molecule has 0 heterocycles. The predicted octanol–water partition coefficient (Wildman–Crippen LogP) is -4.76. The molecule has 0 rings (SSSR count). The van der Waals surface area contributed by atoms with Crippen molar-refractivity contribution in [2.24, 2.45) is 27.9 Å². The average molecular weight is 534 g/mol. The third kappa shape index (κ3) is 14.0. The topological polar surface area (TPSA) is 287 Å². The monoisotopic (exact) mass is 533 g/mol. The van der Waals surface area contributed by atoms with Crippen molar-refractivity contribution in [2.75, 3.05) is 18.8 Å². The summed E-state index contributed by atoms with van der Waals surface area (Å²) in [4.78, 5) is 75.0. The van der Waals surface area contributed by atoms with Gasteiger partial charge in [0.25, 0.3) is 0 Å². The van der Waals surface area contributed by atoms with Crippen molar-refractivity contribution in [3.05, 3.63) is 0 Å². The Morgan fingerprint density at radius 2 is 1.50 bits per heavy atom. The summed E-state index contributed by atoms with van der Waals surface area (Å²) in [5, 5.41) is 18.1. The van der Waals surface area contributed by atoms with Gasteiger partial charge in [0.2, 0.25) is 29.5 Å². The fourth-order valence-corrected chi connectivity index (χ4v) is 2.89. The van der Waals surface area contributed by atoms with Crippen LogP contribution in [0.15, 0.2) is 4.99 Å². The molecule has 5 amide bonds. The number of thiol groups is 1. The number of amides is 5. The summed E-state index contributed by atoms with van der Waals surface area (Å²) in [6, 6.07) is -4.51. The van der Waals surface area contributed by atoms with Crippen LogP contribution in [-0.4, -0.2) is 89.6 Å². The molecule has 0 aromatic carbocycles. The van der Waals surface area contributed by atoms with Gasteiger partial charge in [0.1, 0.15) is 24.7 Å². The molecule has 0 aliphatic heterocycles. The molecule has 0 spiro atoms. The van der Waals surface area contributed by atoms with Crippen molar-refractivity contribution in [3.8, 4) is 0 Å². The third-order valence-electron chi connectivity index (χ3n) is 4.60. The molecular weight excluding hydrogens is 498 g/mol. The van der Waals surface area contributed by atoms with Crippen LogP contribution >= 0.6 is 12.6 Å². The van der Waals surface area contributed by atoms with Gasteiger partial charge in [-0.2, -0.15) is 12.6 Å². The maximum atomic E-state index is 12.7. The molecule has 0 fully saturated rings. The van der Waals surface area contributed by atoms with Crippen molar-refractivity contribution in [1.29, 1.82) is 0 Å². The zero-order chi connectivity index (χ0) is 27.8. The highest BCUT2D eigenvalue weighted by molar-refractivity contribution is 7.80. The second kappa shape index (κ2) is 16.9. The average Bonchev–Trinajstić information content (AvgIpc) is 2.80. The first-order valence-corrected chi connectivity index (χ1v) is 11.5. The molecule has 204 valence electrons. The van der Waals surface area contributed by atoms with Gasteiger partial charge in [-0.1, -0.05) is 0 Å². The van der Waals surface area contributed by atoms with Crippen molar-refractivity contribution >= 4 is 54.1 Å². The van der Waals surface area contributed by atoms with Crippen LogP contribution < -0.4 is 44.2 Å². The van der Waals surface area contributed by atoms with Crippen LogP contribution in [-0.2, 0) is 28.8 Å². The van der Waals surface area contributed by atoms with E-state index < -0.39 is 66.2 Å². The molecule has 4 atom stereocenters. The molecular formula is C19H35N9O7S. The Morgan fingerprint density at radius 3 is 2.03 bits per heavy atom. The summed E-state index contributed by atoms with van der Waals surface area (Å²) in [7, 11) is 0. The summed E-state index contributed by atoms with van der Waals surface area (Å²) >= 11 is 4.05. The number of carboxylic acids is 1. The molecule has 0 unspecified atom stereocenters. The highest BCUT2D eigenvalue weighted by atomic mass is 32.1. The fraction of sp³-hybridized carbons (Fsp3) is 0.632. The maximum absolute atomic E-state index is 12.7. The summed E-state index contributed by atoms with van der Waals surface area (Å²) in [5.41, 5.74) is 21.2. The lowest BCUT2D eigenvalue weighted by Gasteiger charge is -2.23. The molecule has 0 aromatic rings. The normalized spacial score (nSPS) is 13.8. The Morgan fingerprint density at radius 1 is 0.889 bits per heavy atom. The zero-order valence-electron chi connectivity index (χ0n) is 19.9. The van der Waals surface area contributed by atoms with Crippen LogP contribution in [0.4, 0.5) is 0 Å². The Balaban J connectivity index is 5.10. The van der Waals surface area contributed by atoms with Crippen molar-refractivity contribution < 1.29 is 33.9 Å². The molecule has 16 nitrogen and oxygen atoms in total. The summed E-state index contributed by atoms with van der Waals surface area (Å²) in [6.07, 6.45) is 0.229. The smallest absolute Gasteiger partial charge is 0.322 e. The molecule has 0 saturated heterocycles. The Kier molecular flexibility index (Phi) is 15.2. The second-order valence-electron chi connectivity index (χ2n) is 7.71. The molecule has 13 N–H and O–H groups in total. The van der Waals surface area contributed by atoms with Crippen molar-refractivity contribution in [2.45, 2.75) is 56.8 Å². The molecule has 0 aliphatic carbocycles. The van der Waals surface area contributed by atoms with Gasteiger partial charge in [-0.15, -0.1) is 0 Å². The minimum absolute atomic E-state index is 0.00824. The Hall–Kier alpha value is -3.60. The van der Waals surface area contributed by atoms with Gasteiger partial charge in [-0.25, -0.2) is 0 Å². The minimum atomic E-state index is -1.28. The number of primary amides is 1. The van der Waals surface area contributed by atoms with Gasteiger partial charge in [-0.05, 0) is 26.2 Å². The van der Waals surface area contributed by atoms with Crippen molar-refractivity contribution in [3.63, 3.8) is 0 Å². The SMILES string of the molecule is C[C@H](NC(=O)[C@@H](N)CCC(N)=O)C(=O)N[C@@H](CS)C(=O)N[C@@H](CCCN=C(N)N)C(=O)NCC(=O)O. The number of hydrogen-bond acceptors (Lipinski definition) is 9. The lowest BCUT2D eigenvalue weighted by atomic mass is 10.1. The van der Waals surface area contributed by atoms with Crippen molar-refractivity contribution in [1.82, 2.24) is 21.3 Å². The highest BCUT2D eigenvalue weighted by Gasteiger charge is 2.28. The van der Waals surface area contributed by atoms with E-state index in [0.717, 1.165) is 0 Å². The number of carbonyl (C=O) groups excluding carboxylic acids is 5. The first-order valence-electron chi connectivity index (χ1n) is 10.9. The number of nitrogens with zero attached hydrogens (tertiary/aromatic N) is 1. The number of guanidine groups is 1. The van der Waals surface area contributed by atoms with E-state index in [-0.39, 0.29) is 43.9 Å².